The number of nitrogens with one attached hydrogen (secondary N) is 1. The van der Waals surface area contributed by atoms with Crippen LogP contribution in [0.3, 0.4) is 0 Å². The quantitative estimate of drug-likeness (QED) is 0.731. The van der Waals surface area contributed by atoms with Crippen LogP contribution < -0.4 is 10.1 Å². The maximum Gasteiger partial charge on any atom is 0.335 e. The van der Waals surface area contributed by atoms with Gasteiger partial charge in [-0.1, -0.05) is 0 Å². The fourth-order valence-corrected chi connectivity index (χ4v) is 1.22. The van der Waals surface area contributed by atoms with Crippen LogP contribution in [0.25, 0.3) is 0 Å². The number of hydrogen-bond donors (Lipinski definition) is 2. The Balaban J connectivity index is 2.27. The molecule has 0 unspecified atom stereocenters. The van der Waals surface area contributed by atoms with Crippen molar-refractivity contribution in [2.75, 3.05) is 13.2 Å². The second-order valence-corrected chi connectivity index (χ2v) is 3.51. The summed E-state index contributed by atoms with van der Waals surface area (Å²) >= 11 is 0. The lowest BCUT2D eigenvalue weighted by atomic mass is 10.2. The Morgan fingerprint density at radius 1 is 1.29 bits per heavy atom. The van der Waals surface area contributed by atoms with E-state index in [1.54, 1.807) is 12.1 Å². The van der Waals surface area contributed by atoms with Crippen molar-refractivity contribution in [2.45, 2.75) is 13.3 Å². The summed E-state index contributed by atoms with van der Waals surface area (Å²) in [5.74, 6) is -0.393. The molecule has 0 fully saturated rings. The molecule has 1 amide bonds. The monoisotopic (exact) mass is 237 g/mol. The van der Waals surface area contributed by atoms with E-state index in [2.05, 4.69) is 5.32 Å². The van der Waals surface area contributed by atoms with Gasteiger partial charge in [-0.2, -0.15) is 0 Å². The van der Waals surface area contributed by atoms with Gasteiger partial charge in [0.25, 0.3) is 0 Å². The van der Waals surface area contributed by atoms with E-state index in [1.807, 2.05) is 0 Å². The number of aromatic carboxylic acids is 1. The fourth-order valence-electron chi connectivity index (χ4n) is 1.22. The number of carboxylic acids is 1. The van der Waals surface area contributed by atoms with Crippen LogP contribution in [0, 0.1) is 0 Å². The van der Waals surface area contributed by atoms with Crippen molar-refractivity contribution in [3.8, 4) is 5.75 Å². The lowest BCUT2D eigenvalue weighted by molar-refractivity contribution is -0.118. The molecule has 0 saturated carbocycles. The molecule has 5 heteroatoms. The first-order valence-corrected chi connectivity index (χ1v) is 5.30. The van der Waals surface area contributed by atoms with Crippen molar-refractivity contribution in [3.05, 3.63) is 29.8 Å². The minimum absolute atomic E-state index is 0.0594. The van der Waals surface area contributed by atoms with Gasteiger partial charge >= 0.3 is 5.97 Å². The highest BCUT2D eigenvalue weighted by molar-refractivity contribution is 5.87. The highest BCUT2D eigenvalue weighted by Crippen LogP contribution is 2.12. The highest BCUT2D eigenvalue weighted by atomic mass is 16.5. The average molecular weight is 237 g/mol. The van der Waals surface area contributed by atoms with Crippen molar-refractivity contribution in [2.24, 2.45) is 0 Å². The molecule has 1 aromatic carbocycles. The molecule has 17 heavy (non-hydrogen) atoms. The van der Waals surface area contributed by atoms with Crippen molar-refractivity contribution in [3.63, 3.8) is 0 Å². The molecular weight excluding hydrogens is 222 g/mol. The number of rotatable bonds is 6. The van der Waals surface area contributed by atoms with Gasteiger partial charge in [-0.3, -0.25) is 4.79 Å². The molecule has 0 spiro atoms. The van der Waals surface area contributed by atoms with Crippen molar-refractivity contribution in [1.29, 1.82) is 0 Å². The van der Waals surface area contributed by atoms with E-state index < -0.39 is 5.97 Å². The van der Waals surface area contributed by atoms with Gasteiger partial charge in [0, 0.05) is 13.5 Å². The largest absolute Gasteiger partial charge is 0.494 e. The van der Waals surface area contributed by atoms with E-state index in [-0.39, 0.29) is 11.5 Å². The zero-order valence-electron chi connectivity index (χ0n) is 9.60. The maximum atomic E-state index is 10.6. The van der Waals surface area contributed by atoms with Gasteiger partial charge in [0.05, 0.1) is 12.2 Å². The van der Waals surface area contributed by atoms with Gasteiger partial charge in [0.2, 0.25) is 5.91 Å². The van der Waals surface area contributed by atoms with Gasteiger partial charge in [0.15, 0.2) is 0 Å². The lowest BCUT2D eigenvalue weighted by Crippen LogP contribution is -2.22. The molecule has 0 saturated heterocycles. The molecule has 5 nitrogen and oxygen atoms in total. The molecule has 0 atom stereocenters. The predicted molar refractivity (Wildman–Crippen MR) is 62.2 cm³/mol. The summed E-state index contributed by atoms with van der Waals surface area (Å²) < 4.78 is 5.38. The highest BCUT2D eigenvalue weighted by Gasteiger charge is 2.01. The maximum absolute atomic E-state index is 10.6. The number of carbonyl (C=O) groups is 2. The normalized spacial score (nSPS) is 9.71. The van der Waals surface area contributed by atoms with Crippen molar-refractivity contribution in [1.82, 2.24) is 5.32 Å². The molecule has 92 valence electrons. The summed E-state index contributed by atoms with van der Waals surface area (Å²) in [6.07, 6.45) is 0.709. The Kier molecular flexibility index (Phi) is 5.00. The number of benzene rings is 1. The number of amides is 1. The minimum atomic E-state index is -0.956. The summed E-state index contributed by atoms with van der Waals surface area (Å²) in [7, 11) is 0. The third-order valence-electron chi connectivity index (χ3n) is 2.07. The molecule has 0 aliphatic carbocycles. The summed E-state index contributed by atoms with van der Waals surface area (Å²) in [5.41, 5.74) is 0.232. The second-order valence-electron chi connectivity index (χ2n) is 3.51. The Hall–Kier alpha value is -2.04. The molecular formula is C12H15NO4. The van der Waals surface area contributed by atoms with E-state index in [1.165, 1.54) is 19.1 Å². The SMILES string of the molecule is CC(=O)NCCCOc1ccc(C(=O)O)cc1. The topological polar surface area (TPSA) is 75.6 Å². The van der Waals surface area contributed by atoms with E-state index in [9.17, 15) is 9.59 Å². The van der Waals surface area contributed by atoms with Crippen LogP contribution in [0.5, 0.6) is 5.75 Å². The van der Waals surface area contributed by atoms with Crippen molar-refractivity contribution >= 4 is 11.9 Å². The summed E-state index contributed by atoms with van der Waals surface area (Å²) in [5, 5.41) is 11.4. The summed E-state index contributed by atoms with van der Waals surface area (Å²) in [4.78, 5) is 21.2. The molecule has 0 bridgehead atoms. The van der Waals surface area contributed by atoms with Crippen LogP contribution in [-0.2, 0) is 4.79 Å². The van der Waals surface area contributed by atoms with E-state index in [0.29, 0.717) is 25.3 Å². The number of carboxylic acid groups (broad SMARTS) is 1. The van der Waals surface area contributed by atoms with Crippen LogP contribution in [0.2, 0.25) is 0 Å². The van der Waals surface area contributed by atoms with Crippen LogP contribution in [0.4, 0.5) is 0 Å². The third kappa shape index (κ3) is 5.01. The van der Waals surface area contributed by atoms with E-state index in [0.717, 1.165) is 0 Å². The van der Waals surface area contributed by atoms with Crippen LogP contribution in [0.15, 0.2) is 24.3 Å². The summed E-state index contributed by atoms with van der Waals surface area (Å²) in [6.45, 7) is 2.51. The van der Waals surface area contributed by atoms with Crippen LogP contribution in [0.1, 0.15) is 23.7 Å². The number of carbonyl (C=O) groups excluding carboxylic acids is 1. The van der Waals surface area contributed by atoms with Crippen LogP contribution >= 0.6 is 0 Å². The van der Waals surface area contributed by atoms with Gasteiger partial charge in [-0.25, -0.2) is 4.79 Å². The van der Waals surface area contributed by atoms with Gasteiger partial charge in [-0.15, -0.1) is 0 Å². The smallest absolute Gasteiger partial charge is 0.335 e. The standard InChI is InChI=1S/C12H15NO4/c1-9(14)13-7-2-8-17-11-5-3-10(4-6-11)12(15)16/h3-6H,2,7-8H2,1H3,(H,13,14)(H,15,16). The van der Waals surface area contributed by atoms with Gasteiger partial charge in [-0.05, 0) is 30.7 Å². The first-order chi connectivity index (χ1) is 8.09. The fraction of sp³-hybridized carbons (Fsp3) is 0.333. The molecule has 0 aromatic heterocycles. The van der Waals surface area contributed by atoms with Gasteiger partial charge in [0.1, 0.15) is 5.75 Å². The van der Waals surface area contributed by atoms with Crippen LogP contribution in [-0.4, -0.2) is 30.1 Å². The first kappa shape index (κ1) is 13.0. The molecule has 1 rings (SSSR count). The zero-order chi connectivity index (χ0) is 12.7. The predicted octanol–water partition coefficient (Wildman–Crippen LogP) is 1.29. The Morgan fingerprint density at radius 2 is 1.94 bits per heavy atom. The number of hydrogen-bond acceptors (Lipinski definition) is 3. The molecule has 0 heterocycles. The number of ether oxygens (including phenoxy) is 1. The average Bonchev–Trinajstić information content (AvgIpc) is 2.29. The van der Waals surface area contributed by atoms with Crippen molar-refractivity contribution < 1.29 is 19.4 Å². The van der Waals surface area contributed by atoms with E-state index >= 15 is 0 Å². The Bertz CT molecular complexity index is 386. The van der Waals surface area contributed by atoms with E-state index in [4.69, 9.17) is 9.84 Å². The molecule has 2 N–H and O–H groups in total. The molecule has 0 aliphatic rings. The Labute approximate surface area is 99.4 Å². The lowest BCUT2D eigenvalue weighted by Gasteiger charge is -2.06. The molecule has 1 aromatic rings. The molecule has 0 radical (unpaired) electrons. The minimum Gasteiger partial charge on any atom is -0.494 e. The first-order valence-electron chi connectivity index (χ1n) is 5.30. The summed E-state index contributed by atoms with van der Waals surface area (Å²) in [6, 6.07) is 6.21. The van der Waals surface area contributed by atoms with Gasteiger partial charge < -0.3 is 15.2 Å². The second kappa shape index (κ2) is 6.52. The zero-order valence-corrected chi connectivity index (χ0v) is 9.60. The Morgan fingerprint density at radius 3 is 2.47 bits per heavy atom. The third-order valence-corrected chi connectivity index (χ3v) is 2.07. The molecule has 0 aliphatic heterocycles.